The van der Waals surface area contributed by atoms with Crippen molar-refractivity contribution < 1.29 is 9.21 Å². The van der Waals surface area contributed by atoms with E-state index in [1.165, 1.54) is 6.26 Å². The number of para-hydroxylation sites is 1. The topological polar surface area (TPSA) is 129 Å². The van der Waals surface area contributed by atoms with Crippen LogP contribution in [0.5, 0.6) is 0 Å². The van der Waals surface area contributed by atoms with E-state index in [1.54, 1.807) is 24.3 Å². The molecule has 29 heavy (non-hydrogen) atoms. The van der Waals surface area contributed by atoms with Crippen LogP contribution in [0.15, 0.2) is 58.2 Å². The van der Waals surface area contributed by atoms with E-state index >= 15 is 0 Å². The number of thioether (sulfide) groups is 1. The SMILES string of the molecule is CCC(Sc1nc(N)c(C#N)c(-c2ccco2)c1C#N)C(=O)Nc1ccccc1. The zero-order chi connectivity index (χ0) is 20.8. The summed E-state index contributed by atoms with van der Waals surface area (Å²) in [6, 6.07) is 16.5. The van der Waals surface area contributed by atoms with Crippen LogP contribution in [-0.2, 0) is 4.79 Å². The monoisotopic (exact) mass is 403 g/mol. The first-order valence-corrected chi connectivity index (χ1v) is 9.67. The fraction of sp³-hybridized carbons (Fsp3) is 0.143. The Kier molecular flexibility index (Phi) is 6.18. The quantitative estimate of drug-likeness (QED) is 0.591. The fourth-order valence-electron chi connectivity index (χ4n) is 2.75. The number of anilines is 2. The molecule has 3 rings (SSSR count). The summed E-state index contributed by atoms with van der Waals surface area (Å²) in [5.41, 5.74) is 7.17. The molecule has 0 bridgehead atoms. The van der Waals surface area contributed by atoms with Crippen LogP contribution in [0.3, 0.4) is 0 Å². The van der Waals surface area contributed by atoms with Crippen LogP contribution in [0.2, 0.25) is 0 Å². The van der Waals surface area contributed by atoms with Gasteiger partial charge in [0.05, 0.1) is 22.6 Å². The summed E-state index contributed by atoms with van der Waals surface area (Å²) in [5.74, 6) is 0.117. The largest absolute Gasteiger partial charge is 0.464 e. The van der Waals surface area contributed by atoms with E-state index in [4.69, 9.17) is 10.2 Å². The molecule has 0 aliphatic carbocycles. The molecule has 1 atom stereocenters. The van der Waals surface area contributed by atoms with Gasteiger partial charge >= 0.3 is 0 Å². The molecule has 7 nitrogen and oxygen atoms in total. The highest BCUT2D eigenvalue weighted by molar-refractivity contribution is 8.00. The van der Waals surface area contributed by atoms with Crippen LogP contribution in [0, 0.1) is 22.7 Å². The predicted molar refractivity (Wildman–Crippen MR) is 111 cm³/mol. The third kappa shape index (κ3) is 4.23. The summed E-state index contributed by atoms with van der Waals surface area (Å²) in [6.07, 6.45) is 1.95. The van der Waals surface area contributed by atoms with Crippen molar-refractivity contribution in [3.05, 3.63) is 59.9 Å². The van der Waals surface area contributed by atoms with Crippen molar-refractivity contribution in [2.24, 2.45) is 0 Å². The number of rotatable bonds is 6. The van der Waals surface area contributed by atoms with Crippen molar-refractivity contribution >= 4 is 29.2 Å². The number of carbonyl (C=O) groups excluding carboxylic acids is 1. The number of furan rings is 1. The van der Waals surface area contributed by atoms with Gasteiger partial charge in [-0.3, -0.25) is 4.79 Å². The van der Waals surface area contributed by atoms with Gasteiger partial charge in [-0.2, -0.15) is 10.5 Å². The number of amides is 1. The third-order valence-electron chi connectivity index (χ3n) is 4.14. The number of nitrogens with one attached hydrogen (secondary N) is 1. The van der Waals surface area contributed by atoms with E-state index in [1.807, 2.05) is 31.2 Å². The normalized spacial score (nSPS) is 11.3. The molecule has 8 heteroatoms. The molecule has 1 amide bonds. The Labute approximate surface area is 172 Å². The van der Waals surface area contributed by atoms with Crippen LogP contribution in [-0.4, -0.2) is 16.1 Å². The van der Waals surface area contributed by atoms with Crippen molar-refractivity contribution in [2.75, 3.05) is 11.1 Å². The second-order valence-electron chi connectivity index (χ2n) is 6.00. The highest BCUT2D eigenvalue weighted by atomic mass is 32.2. The van der Waals surface area contributed by atoms with Gasteiger partial charge in [-0.15, -0.1) is 0 Å². The van der Waals surface area contributed by atoms with Crippen molar-refractivity contribution in [2.45, 2.75) is 23.6 Å². The molecule has 0 spiro atoms. The summed E-state index contributed by atoms with van der Waals surface area (Å²) in [6.45, 7) is 1.87. The van der Waals surface area contributed by atoms with Crippen molar-refractivity contribution in [3.63, 3.8) is 0 Å². The summed E-state index contributed by atoms with van der Waals surface area (Å²) in [4.78, 5) is 17.0. The lowest BCUT2D eigenvalue weighted by Gasteiger charge is -2.17. The number of aromatic nitrogens is 1. The van der Waals surface area contributed by atoms with Crippen molar-refractivity contribution in [1.82, 2.24) is 4.98 Å². The van der Waals surface area contributed by atoms with E-state index in [2.05, 4.69) is 16.4 Å². The number of nitrogens with zero attached hydrogens (tertiary/aromatic N) is 3. The van der Waals surface area contributed by atoms with Gasteiger partial charge in [0.15, 0.2) is 0 Å². The van der Waals surface area contributed by atoms with Gasteiger partial charge in [0.1, 0.15) is 34.3 Å². The molecule has 144 valence electrons. The molecular weight excluding hydrogens is 386 g/mol. The summed E-state index contributed by atoms with van der Waals surface area (Å²) < 4.78 is 5.40. The molecule has 0 aliphatic heterocycles. The molecule has 3 N–H and O–H groups in total. The highest BCUT2D eigenvalue weighted by Crippen LogP contribution is 2.37. The molecule has 0 saturated heterocycles. The molecule has 0 fully saturated rings. The minimum Gasteiger partial charge on any atom is -0.464 e. The smallest absolute Gasteiger partial charge is 0.237 e. The lowest BCUT2D eigenvalue weighted by atomic mass is 10.0. The van der Waals surface area contributed by atoms with E-state index in [0.717, 1.165) is 11.8 Å². The molecule has 3 aromatic rings. The first kappa shape index (κ1) is 20.0. The number of pyridine rings is 1. The number of carbonyl (C=O) groups is 1. The van der Waals surface area contributed by atoms with Gasteiger partial charge in [-0.1, -0.05) is 36.9 Å². The standard InChI is InChI=1S/C21H17N5O2S/c1-2-17(20(27)25-13-7-4-3-5-8-13)29-21-15(12-23)18(16-9-6-10-28-16)14(11-22)19(24)26-21/h3-10,17H,2H2,1H3,(H2,24,26)(H,25,27). The molecule has 0 aliphatic rings. The van der Waals surface area contributed by atoms with Gasteiger partial charge in [0, 0.05) is 5.69 Å². The molecule has 2 heterocycles. The van der Waals surface area contributed by atoms with Crippen molar-refractivity contribution in [3.8, 4) is 23.5 Å². The van der Waals surface area contributed by atoms with E-state index in [-0.39, 0.29) is 33.4 Å². The first-order chi connectivity index (χ1) is 14.1. The average Bonchev–Trinajstić information content (AvgIpc) is 3.26. The number of nitrogens with two attached hydrogens (primary N) is 1. The maximum Gasteiger partial charge on any atom is 0.237 e. The lowest BCUT2D eigenvalue weighted by Crippen LogP contribution is -2.25. The number of hydrogen-bond donors (Lipinski definition) is 2. The van der Waals surface area contributed by atoms with Crippen LogP contribution < -0.4 is 11.1 Å². The summed E-state index contributed by atoms with van der Waals surface area (Å²) >= 11 is 1.14. The fourth-order valence-corrected chi connectivity index (χ4v) is 3.77. The Morgan fingerprint density at radius 3 is 2.52 bits per heavy atom. The van der Waals surface area contributed by atoms with Gasteiger partial charge in [0.25, 0.3) is 0 Å². The zero-order valence-corrected chi connectivity index (χ0v) is 16.4. The number of nitriles is 2. The maximum atomic E-state index is 12.7. The van der Waals surface area contributed by atoms with Crippen molar-refractivity contribution in [1.29, 1.82) is 10.5 Å². The second kappa shape index (κ2) is 8.96. The Balaban J connectivity index is 1.99. The van der Waals surface area contributed by atoms with Crippen LogP contribution in [0.25, 0.3) is 11.3 Å². The summed E-state index contributed by atoms with van der Waals surface area (Å²) in [5, 5.41) is 21.9. The maximum absolute atomic E-state index is 12.7. The number of benzene rings is 1. The molecule has 1 aromatic carbocycles. The Bertz CT molecular complexity index is 1100. The first-order valence-electron chi connectivity index (χ1n) is 8.79. The number of nitrogen functional groups attached to an aromatic ring is 1. The Morgan fingerprint density at radius 2 is 1.93 bits per heavy atom. The minimum atomic E-state index is -0.508. The second-order valence-corrected chi connectivity index (χ2v) is 7.19. The Hall–Kier alpha value is -3.75. The Morgan fingerprint density at radius 1 is 1.21 bits per heavy atom. The summed E-state index contributed by atoms with van der Waals surface area (Å²) in [7, 11) is 0. The van der Waals surface area contributed by atoms with Crippen LogP contribution in [0.4, 0.5) is 11.5 Å². The lowest BCUT2D eigenvalue weighted by molar-refractivity contribution is -0.115. The van der Waals surface area contributed by atoms with Gasteiger partial charge in [0.2, 0.25) is 5.91 Å². The molecule has 2 aromatic heterocycles. The van der Waals surface area contributed by atoms with E-state index in [0.29, 0.717) is 17.9 Å². The van der Waals surface area contributed by atoms with Gasteiger partial charge in [-0.25, -0.2) is 4.98 Å². The average molecular weight is 403 g/mol. The van der Waals surface area contributed by atoms with Gasteiger partial charge in [-0.05, 0) is 30.7 Å². The highest BCUT2D eigenvalue weighted by Gasteiger charge is 2.26. The van der Waals surface area contributed by atoms with E-state index < -0.39 is 5.25 Å². The van der Waals surface area contributed by atoms with Gasteiger partial charge < -0.3 is 15.5 Å². The predicted octanol–water partition coefficient (Wildman–Crippen LogP) is 4.18. The van der Waals surface area contributed by atoms with E-state index in [9.17, 15) is 15.3 Å². The number of hydrogen-bond acceptors (Lipinski definition) is 7. The third-order valence-corrected chi connectivity index (χ3v) is 5.49. The van der Waals surface area contributed by atoms with Crippen LogP contribution >= 0.6 is 11.8 Å². The minimum absolute atomic E-state index is 0.0151. The molecule has 1 unspecified atom stereocenters. The van der Waals surface area contributed by atoms with Crippen LogP contribution in [0.1, 0.15) is 24.5 Å². The molecular formula is C21H17N5O2S. The molecule has 0 radical (unpaired) electrons. The molecule has 0 saturated carbocycles. The zero-order valence-electron chi connectivity index (χ0n) is 15.5.